The molecule has 0 aliphatic carbocycles. The summed E-state index contributed by atoms with van der Waals surface area (Å²) >= 11 is 5.30. The summed E-state index contributed by atoms with van der Waals surface area (Å²) in [6, 6.07) is 14.6. The van der Waals surface area contributed by atoms with Gasteiger partial charge in [-0.25, -0.2) is 0 Å². The molecule has 1 fully saturated rings. The Bertz CT molecular complexity index is 864. The van der Waals surface area contributed by atoms with E-state index in [0.717, 1.165) is 37.3 Å². The first-order chi connectivity index (χ1) is 15.0. The van der Waals surface area contributed by atoms with Gasteiger partial charge in [-0.15, -0.1) is 0 Å². The average molecular weight is 443 g/mol. The van der Waals surface area contributed by atoms with Gasteiger partial charge in [-0.05, 0) is 73.8 Å². The predicted octanol–water partition coefficient (Wildman–Crippen LogP) is 4.80. The highest BCUT2D eigenvalue weighted by molar-refractivity contribution is 7.80. The summed E-state index contributed by atoms with van der Waals surface area (Å²) in [6.07, 6.45) is 3.23. The van der Waals surface area contributed by atoms with Gasteiger partial charge in [-0.3, -0.25) is 10.1 Å². The SMILES string of the molecule is CC(C)CCOc1ccccc1C(=O)NC(=S)Nc1ccc(OCC2CCCO2)cc1. The quantitative estimate of drug-likeness (QED) is 0.544. The molecule has 1 aliphatic heterocycles. The molecular weight excluding hydrogens is 412 g/mol. The normalized spacial score (nSPS) is 15.5. The van der Waals surface area contributed by atoms with Crippen LogP contribution in [-0.4, -0.2) is 36.9 Å². The molecule has 166 valence electrons. The molecule has 0 spiro atoms. The molecule has 7 heteroatoms. The van der Waals surface area contributed by atoms with Gasteiger partial charge < -0.3 is 19.5 Å². The lowest BCUT2D eigenvalue weighted by Gasteiger charge is -2.14. The molecule has 6 nitrogen and oxygen atoms in total. The fourth-order valence-corrected chi connectivity index (χ4v) is 3.33. The minimum Gasteiger partial charge on any atom is -0.493 e. The molecule has 1 saturated heterocycles. The van der Waals surface area contributed by atoms with Gasteiger partial charge in [0.2, 0.25) is 0 Å². The van der Waals surface area contributed by atoms with Gasteiger partial charge in [0.05, 0.1) is 18.3 Å². The van der Waals surface area contributed by atoms with Crippen LogP contribution in [0.5, 0.6) is 11.5 Å². The first-order valence-corrected chi connectivity index (χ1v) is 11.1. The Kier molecular flexibility index (Phi) is 8.67. The molecule has 31 heavy (non-hydrogen) atoms. The van der Waals surface area contributed by atoms with Gasteiger partial charge in [0.15, 0.2) is 5.11 Å². The summed E-state index contributed by atoms with van der Waals surface area (Å²) in [6.45, 7) is 6.20. The number of para-hydroxylation sites is 1. The molecule has 1 aliphatic rings. The van der Waals surface area contributed by atoms with E-state index in [4.69, 9.17) is 26.4 Å². The molecular formula is C24H30N2O4S. The zero-order valence-electron chi connectivity index (χ0n) is 18.1. The van der Waals surface area contributed by atoms with E-state index >= 15 is 0 Å². The molecule has 0 aromatic heterocycles. The molecule has 0 bridgehead atoms. The average Bonchev–Trinajstić information content (AvgIpc) is 3.27. The van der Waals surface area contributed by atoms with Gasteiger partial charge in [-0.1, -0.05) is 26.0 Å². The van der Waals surface area contributed by atoms with E-state index in [1.807, 2.05) is 30.3 Å². The topological polar surface area (TPSA) is 68.8 Å². The summed E-state index contributed by atoms with van der Waals surface area (Å²) in [5.41, 5.74) is 1.21. The Hall–Kier alpha value is -2.64. The van der Waals surface area contributed by atoms with Crippen LogP contribution < -0.4 is 20.1 Å². The van der Waals surface area contributed by atoms with E-state index in [1.54, 1.807) is 18.2 Å². The highest BCUT2D eigenvalue weighted by Crippen LogP contribution is 2.20. The first kappa shape index (κ1) is 23.0. The molecule has 2 aromatic rings. The zero-order valence-corrected chi connectivity index (χ0v) is 18.9. The molecule has 1 atom stereocenters. The van der Waals surface area contributed by atoms with Gasteiger partial charge in [0.25, 0.3) is 5.91 Å². The third-order valence-electron chi connectivity index (χ3n) is 4.88. The van der Waals surface area contributed by atoms with Crippen LogP contribution in [0.1, 0.15) is 43.5 Å². The number of ether oxygens (including phenoxy) is 3. The van der Waals surface area contributed by atoms with Crippen molar-refractivity contribution in [2.24, 2.45) is 5.92 Å². The van der Waals surface area contributed by atoms with Crippen molar-refractivity contribution in [3.63, 3.8) is 0 Å². The van der Waals surface area contributed by atoms with Crippen molar-refractivity contribution in [2.75, 3.05) is 25.1 Å². The van der Waals surface area contributed by atoms with Crippen LogP contribution >= 0.6 is 12.2 Å². The third kappa shape index (κ3) is 7.52. The summed E-state index contributed by atoms with van der Waals surface area (Å²) < 4.78 is 17.1. The number of hydrogen-bond donors (Lipinski definition) is 2. The monoisotopic (exact) mass is 442 g/mol. The molecule has 1 unspecified atom stereocenters. The summed E-state index contributed by atoms with van der Waals surface area (Å²) in [7, 11) is 0. The lowest BCUT2D eigenvalue weighted by atomic mass is 10.1. The maximum atomic E-state index is 12.7. The number of nitrogens with one attached hydrogen (secondary N) is 2. The Morgan fingerprint density at radius 3 is 2.65 bits per heavy atom. The van der Waals surface area contributed by atoms with Crippen molar-refractivity contribution in [1.82, 2.24) is 5.32 Å². The van der Waals surface area contributed by atoms with Crippen molar-refractivity contribution < 1.29 is 19.0 Å². The van der Waals surface area contributed by atoms with Crippen molar-refractivity contribution in [3.05, 3.63) is 54.1 Å². The second-order valence-corrected chi connectivity index (χ2v) is 8.31. The highest BCUT2D eigenvalue weighted by atomic mass is 32.1. The van der Waals surface area contributed by atoms with Crippen molar-refractivity contribution in [1.29, 1.82) is 0 Å². The fourth-order valence-electron chi connectivity index (χ4n) is 3.12. The predicted molar refractivity (Wildman–Crippen MR) is 126 cm³/mol. The molecule has 0 saturated carbocycles. The lowest BCUT2D eigenvalue weighted by molar-refractivity contribution is 0.0679. The number of carbonyl (C=O) groups excluding carboxylic acids is 1. The van der Waals surface area contributed by atoms with Crippen molar-refractivity contribution >= 4 is 28.9 Å². The van der Waals surface area contributed by atoms with Crippen LogP contribution in [-0.2, 0) is 4.74 Å². The second kappa shape index (κ2) is 11.7. The van der Waals surface area contributed by atoms with Crippen LogP contribution in [0.25, 0.3) is 0 Å². The number of amides is 1. The first-order valence-electron chi connectivity index (χ1n) is 10.7. The van der Waals surface area contributed by atoms with E-state index in [-0.39, 0.29) is 17.1 Å². The van der Waals surface area contributed by atoms with Gasteiger partial charge in [0, 0.05) is 12.3 Å². The van der Waals surface area contributed by atoms with Crippen LogP contribution in [0, 0.1) is 5.92 Å². The van der Waals surface area contributed by atoms with E-state index in [0.29, 0.717) is 30.4 Å². The van der Waals surface area contributed by atoms with Crippen LogP contribution in [0.15, 0.2) is 48.5 Å². The number of hydrogen-bond acceptors (Lipinski definition) is 5. The summed E-state index contributed by atoms with van der Waals surface area (Å²) in [5.74, 6) is 1.54. The zero-order chi connectivity index (χ0) is 22.1. The fraction of sp³-hybridized carbons (Fsp3) is 0.417. The van der Waals surface area contributed by atoms with E-state index < -0.39 is 0 Å². The maximum absolute atomic E-state index is 12.7. The molecule has 3 rings (SSSR count). The number of benzene rings is 2. The minimum atomic E-state index is -0.311. The lowest BCUT2D eigenvalue weighted by Crippen LogP contribution is -2.34. The second-order valence-electron chi connectivity index (χ2n) is 7.91. The maximum Gasteiger partial charge on any atom is 0.261 e. The van der Waals surface area contributed by atoms with E-state index in [1.165, 1.54) is 0 Å². The van der Waals surface area contributed by atoms with Crippen LogP contribution in [0.4, 0.5) is 5.69 Å². The van der Waals surface area contributed by atoms with Gasteiger partial charge in [0.1, 0.15) is 18.1 Å². The largest absolute Gasteiger partial charge is 0.493 e. The van der Waals surface area contributed by atoms with Crippen LogP contribution in [0.3, 0.4) is 0 Å². The third-order valence-corrected chi connectivity index (χ3v) is 5.09. The number of thiocarbonyl (C=S) groups is 1. The Balaban J connectivity index is 1.49. The summed E-state index contributed by atoms with van der Waals surface area (Å²) in [5, 5.41) is 5.96. The molecule has 1 amide bonds. The van der Waals surface area contributed by atoms with E-state index in [9.17, 15) is 4.79 Å². The van der Waals surface area contributed by atoms with Crippen molar-refractivity contribution in [2.45, 2.75) is 39.2 Å². The molecule has 2 N–H and O–H groups in total. The standard InChI is InChI=1S/C24H30N2O4S/c1-17(2)13-15-29-22-8-4-3-7-21(22)23(27)26-24(31)25-18-9-11-19(12-10-18)30-16-20-6-5-14-28-20/h3-4,7-12,17,20H,5-6,13-16H2,1-2H3,(H2,25,26,27,31). The Morgan fingerprint density at radius 1 is 1.16 bits per heavy atom. The smallest absolute Gasteiger partial charge is 0.261 e. The van der Waals surface area contributed by atoms with Crippen LogP contribution in [0.2, 0.25) is 0 Å². The van der Waals surface area contributed by atoms with Gasteiger partial charge >= 0.3 is 0 Å². The Labute approximate surface area is 189 Å². The van der Waals surface area contributed by atoms with Gasteiger partial charge in [-0.2, -0.15) is 0 Å². The molecule has 2 aromatic carbocycles. The summed E-state index contributed by atoms with van der Waals surface area (Å²) in [4.78, 5) is 12.7. The molecule has 0 radical (unpaired) electrons. The van der Waals surface area contributed by atoms with Crippen molar-refractivity contribution in [3.8, 4) is 11.5 Å². The van der Waals surface area contributed by atoms with E-state index in [2.05, 4.69) is 24.5 Å². The number of anilines is 1. The highest BCUT2D eigenvalue weighted by Gasteiger charge is 2.16. The number of rotatable bonds is 9. The number of carbonyl (C=O) groups is 1. The Morgan fingerprint density at radius 2 is 1.94 bits per heavy atom. The minimum absolute atomic E-state index is 0.179. The molecule has 1 heterocycles.